The van der Waals surface area contributed by atoms with E-state index in [1.165, 1.54) is 4.57 Å². The summed E-state index contributed by atoms with van der Waals surface area (Å²) in [4.78, 5) is 26.0. The number of carbonyl (C=O) groups is 1. The quantitative estimate of drug-likeness (QED) is 0.750. The second-order valence-corrected chi connectivity index (χ2v) is 7.88. The van der Waals surface area contributed by atoms with Gasteiger partial charge < -0.3 is 14.5 Å². The topological polar surface area (TPSA) is 56.0 Å². The number of nitrogens with zero attached hydrogens (tertiary/aromatic N) is 2. The largest absolute Gasteiger partial charge is 0.349 e. The average Bonchev–Trinajstić information content (AvgIpc) is 2.95. The van der Waals surface area contributed by atoms with Crippen LogP contribution in [0.25, 0.3) is 10.9 Å². The number of hydrogen-bond acceptors (Lipinski definition) is 2. The Morgan fingerprint density at radius 2 is 1.85 bits per heavy atom. The number of amides is 1. The van der Waals surface area contributed by atoms with Crippen molar-refractivity contribution in [2.45, 2.75) is 31.7 Å². The van der Waals surface area contributed by atoms with Gasteiger partial charge in [-0.05, 0) is 43.4 Å². The number of fused-ring (bicyclic) bond motifs is 1. The molecule has 0 unspecified atom stereocenters. The van der Waals surface area contributed by atoms with Crippen LogP contribution >= 0.6 is 11.6 Å². The van der Waals surface area contributed by atoms with Crippen molar-refractivity contribution in [2.24, 2.45) is 14.1 Å². The summed E-state index contributed by atoms with van der Waals surface area (Å²) in [5.41, 5.74) is 2.47. The molecule has 1 aliphatic rings. The maximum absolute atomic E-state index is 13.2. The first-order chi connectivity index (χ1) is 12.8. The SMILES string of the molecule is Cc1cn(C)c(=O)c2c(C(=O)NC3(c4ccccc4Cl)CCC3)cn(C)c12. The first kappa shape index (κ1) is 17.9. The molecule has 27 heavy (non-hydrogen) atoms. The van der Waals surface area contributed by atoms with Crippen LogP contribution in [0.1, 0.15) is 40.7 Å². The zero-order valence-electron chi connectivity index (χ0n) is 15.7. The monoisotopic (exact) mass is 383 g/mol. The minimum Gasteiger partial charge on any atom is -0.349 e. The van der Waals surface area contributed by atoms with E-state index >= 15 is 0 Å². The van der Waals surface area contributed by atoms with E-state index in [0.29, 0.717) is 16.0 Å². The minimum atomic E-state index is -0.466. The predicted molar refractivity (Wildman–Crippen MR) is 107 cm³/mol. The van der Waals surface area contributed by atoms with Crippen molar-refractivity contribution in [1.82, 2.24) is 14.5 Å². The van der Waals surface area contributed by atoms with Gasteiger partial charge in [0.2, 0.25) is 0 Å². The maximum Gasteiger partial charge on any atom is 0.260 e. The molecular formula is C21H22ClN3O2. The van der Waals surface area contributed by atoms with E-state index in [-0.39, 0.29) is 11.5 Å². The predicted octanol–water partition coefficient (Wildman–Crippen LogP) is 3.65. The molecule has 5 nitrogen and oxygen atoms in total. The molecule has 1 aliphatic carbocycles. The van der Waals surface area contributed by atoms with Gasteiger partial charge in [-0.1, -0.05) is 29.8 Å². The van der Waals surface area contributed by atoms with Gasteiger partial charge in [0.1, 0.15) is 0 Å². The molecule has 0 atom stereocenters. The summed E-state index contributed by atoms with van der Waals surface area (Å²) in [6.07, 6.45) is 6.24. The standard InChI is InChI=1S/C21H22ClN3O2/c1-13-11-25(3)20(27)17-14(12-24(2)18(13)17)19(26)23-21(9-6-10-21)15-7-4-5-8-16(15)22/h4-5,7-8,11-12H,6,9-10H2,1-3H3,(H,23,26). The molecule has 2 heterocycles. The highest BCUT2D eigenvalue weighted by Gasteiger charge is 2.42. The summed E-state index contributed by atoms with van der Waals surface area (Å²) in [7, 11) is 3.57. The van der Waals surface area contributed by atoms with Crippen molar-refractivity contribution < 1.29 is 4.79 Å². The Morgan fingerprint density at radius 1 is 1.15 bits per heavy atom. The van der Waals surface area contributed by atoms with Crippen molar-refractivity contribution in [3.05, 3.63) is 68.7 Å². The van der Waals surface area contributed by atoms with E-state index in [2.05, 4.69) is 5.32 Å². The van der Waals surface area contributed by atoms with Gasteiger partial charge in [-0.3, -0.25) is 9.59 Å². The number of benzene rings is 1. The zero-order chi connectivity index (χ0) is 19.3. The number of hydrogen-bond donors (Lipinski definition) is 1. The molecule has 6 heteroatoms. The highest BCUT2D eigenvalue weighted by atomic mass is 35.5. The van der Waals surface area contributed by atoms with Gasteiger partial charge in [0, 0.05) is 31.5 Å². The Labute approximate surface area is 162 Å². The zero-order valence-corrected chi connectivity index (χ0v) is 16.4. The van der Waals surface area contributed by atoms with Crippen LogP contribution in [-0.2, 0) is 19.6 Å². The Kier molecular flexibility index (Phi) is 4.15. The third-order valence-electron chi connectivity index (χ3n) is 5.67. The van der Waals surface area contributed by atoms with Crippen molar-refractivity contribution in [1.29, 1.82) is 0 Å². The molecule has 0 saturated heterocycles. The van der Waals surface area contributed by atoms with E-state index in [1.54, 1.807) is 19.4 Å². The first-order valence-corrected chi connectivity index (χ1v) is 9.45. The number of carbonyl (C=O) groups excluding carboxylic acids is 1. The molecule has 2 aromatic heterocycles. The summed E-state index contributed by atoms with van der Waals surface area (Å²) >= 11 is 6.41. The van der Waals surface area contributed by atoms with Gasteiger partial charge in [0.05, 0.1) is 22.0 Å². The second-order valence-electron chi connectivity index (χ2n) is 7.48. The van der Waals surface area contributed by atoms with Gasteiger partial charge in [0.25, 0.3) is 11.5 Å². The molecule has 140 valence electrons. The third-order valence-corrected chi connectivity index (χ3v) is 6.00. The molecule has 0 radical (unpaired) electrons. The highest BCUT2D eigenvalue weighted by Crippen LogP contribution is 2.44. The molecule has 0 aliphatic heterocycles. The smallest absolute Gasteiger partial charge is 0.260 e. The molecule has 1 N–H and O–H groups in total. The third kappa shape index (κ3) is 2.69. The van der Waals surface area contributed by atoms with Crippen LogP contribution in [0.3, 0.4) is 0 Å². The lowest BCUT2D eigenvalue weighted by Gasteiger charge is -2.43. The minimum absolute atomic E-state index is 0.165. The normalized spacial score (nSPS) is 15.6. The average molecular weight is 384 g/mol. The lowest BCUT2D eigenvalue weighted by atomic mass is 9.71. The summed E-state index contributed by atoms with van der Waals surface area (Å²) < 4.78 is 3.38. The van der Waals surface area contributed by atoms with Crippen LogP contribution in [0.2, 0.25) is 5.02 Å². The van der Waals surface area contributed by atoms with Crippen LogP contribution in [-0.4, -0.2) is 15.0 Å². The molecule has 1 fully saturated rings. The van der Waals surface area contributed by atoms with E-state index < -0.39 is 5.54 Å². The van der Waals surface area contributed by atoms with Crippen molar-refractivity contribution >= 4 is 28.4 Å². The maximum atomic E-state index is 13.2. The fourth-order valence-electron chi connectivity index (χ4n) is 4.20. The van der Waals surface area contributed by atoms with Gasteiger partial charge in [-0.15, -0.1) is 0 Å². The molecule has 1 saturated carbocycles. The summed E-state index contributed by atoms with van der Waals surface area (Å²) in [5, 5.41) is 4.31. The number of aryl methyl sites for hydroxylation is 3. The van der Waals surface area contributed by atoms with Crippen molar-refractivity contribution in [3.8, 4) is 0 Å². The number of rotatable bonds is 3. The van der Waals surface area contributed by atoms with Crippen LogP contribution < -0.4 is 10.9 Å². The van der Waals surface area contributed by atoms with E-state index in [1.807, 2.05) is 42.8 Å². The fourth-order valence-corrected chi connectivity index (χ4v) is 4.52. The number of halogens is 1. The molecule has 0 bridgehead atoms. The molecule has 1 amide bonds. The fraction of sp³-hybridized carbons (Fsp3) is 0.333. The Hall–Kier alpha value is -2.53. The number of aromatic nitrogens is 2. The van der Waals surface area contributed by atoms with Gasteiger partial charge in [-0.2, -0.15) is 0 Å². The molecule has 3 aromatic rings. The lowest BCUT2D eigenvalue weighted by Crippen LogP contribution is -2.51. The van der Waals surface area contributed by atoms with Crippen LogP contribution in [0, 0.1) is 6.92 Å². The molecule has 0 spiro atoms. The lowest BCUT2D eigenvalue weighted by molar-refractivity contribution is 0.0825. The number of pyridine rings is 1. The number of nitrogens with one attached hydrogen (secondary N) is 1. The Bertz CT molecular complexity index is 1120. The van der Waals surface area contributed by atoms with Crippen molar-refractivity contribution in [2.75, 3.05) is 0 Å². The van der Waals surface area contributed by atoms with E-state index in [9.17, 15) is 9.59 Å². The van der Waals surface area contributed by atoms with Crippen LogP contribution in [0.5, 0.6) is 0 Å². The Balaban J connectivity index is 1.80. The second kappa shape index (κ2) is 6.27. The first-order valence-electron chi connectivity index (χ1n) is 9.07. The van der Waals surface area contributed by atoms with Crippen LogP contribution in [0.4, 0.5) is 0 Å². The molecule has 4 rings (SSSR count). The highest BCUT2D eigenvalue weighted by molar-refractivity contribution is 6.31. The van der Waals surface area contributed by atoms with Gasteiger partial charge in [0.15, 0.2) is 0 Å². The molecular weight excluding hydrogens is 362 g/mol. The van der Waals surface area contributed by atoms with E-state index in [4.69, 9.17) is 11.6 Å². The van der Waals surface area contributed by atoms with E-state index in [0.717, 1.165) is 35.9 Å². The summed E-state index contributed by atoms with van der Waals surface area (Å²) in [5.74, 6) is -0.233. The molecule has 1 aromatic carbocycles. The van der Waals surface area contributed by atoms with Crippen molar-refractivity contribution in [3.63, 3.8) is 0 Å². The van der Waals surface area contributed by atoms with Gasteiger partial charge in [-0.25, -0.2) is 0 Å². The van der Waals surface area contributed by atoms with Crippen LogP contribution in [0.15, 0.2) is 41.5 Å². The summed E-state index contributed by atoms with van der Waals surface area (Å²) in [6, 6.07) is 7.63. The van der Waals surface area contributed by atoms with Gasteiger partial charge >= 0.3 is 0 Å². The summed E-state index contributed by atoms with van der Waals surface area (Å²) in [6.45, 7) is 1.95. The Morgan fingerprint density at radius 3 is 2.48 bits per heavy atom.